The van der Waals surface area contributed by atoms with Crippen LogP contribution in [-0.2, 0) is 4.79 Å². The monoisotopic (exact) mass is 357 g/mol. The molecule has 1 heterocycles. The number of nitrogens with one attached hydrogen (secondary N) is 1. The van der Waals surface area contributed by atoms with E-state index in [1.165, 1.54) is 0 Å². The summed E-state index contributed by atoms with van der Waals surface area (Å²) in [7, 11) is 0. The number of amides is 1. The summed E-state index contributed by atoms with van der Waals surface area (Å²) in [5, 5.41) is 2.91. The molecule has 3 rings (SSSR count). The van der Waals surface area contributed by atoms with Crippen molar-refractivity contribution in [2.45, 2.75) is 20.3 Å². The molecule has 1 N–H and O–H groups in total. The van der Waals surface area contributed by atoms with Gasteiger partial charge in [-0.25, -0.2) is 9.97 Å². The van der Waals surface area contributed by atoms with Crippen LogP contribution in [0.5, 0.6) is 0 Å². The maximum atomic E-state index is 12.3. The second kappa shape index (κ2) is 8.90. The van der Waals surface area contributed by atoms with Crippen molar-refractivity contribution in [3.8, 4) is 11.3 Å². The van der Waals surface area contributed by atoms with Gasteiger partial charge >= 0.3 is 0 Å². The summed E-state index contributed by atoms with van der Waals surface area (Å²) in [5.74, 6) is 0.354. The molecule has 4 nitrogen and oxygen atoms in total. The van der Waals surface area contributed by atoms with E-state index in [9.17, 15) is 4.79 Å². The number of rotatable bonds is 6. The average Bonchev–Trinajstić information content (AvgIpc) is 2.73. The first-order chi connectivity index (χ1) is 13.2. The lowest BCUT2D eigenvalue weighted by molar-refractivity contribution is -0.119. The summed E-state index contributed by atoms with van der Waals surface area (Å²) in [6.07, 6.45) is 6.33. The van der Waals surface area contributed by atoms with E-state index >= 15 is 0 Å². The Morgan fingerprint density at radius 3 is 2.37 bits per heavy atom. The maximum absolute atomic E-state index is 12.3. The summed E-state index contributed by atoms with van der Waals surface area (Å²) in [6.45, 7) is 3.89. The molecule has 0 fully saturated rings. The van der Waals surface area contributed by atoms with Gasteiger partial charge in [0.15, 0.2) is 5.82 Å². The number of aromatic nitrogens is 2. The van der Waals surface area contributed by atoms with E-state index in [-0.39, 0.29) is 11.8 Å². The molecule has 0 aliphatic rings. The van der Waals surface area contributed by atoms with Gasteiger partial charge in [-0.1, -0.05) is 80.6 Å². The highest BCUT2D eigenvalue weighted by molar-refractivity contribution is 5.93. The van der Waals surface area contributed by atoms with Crippen molar-refractivity contribution in [1.82, 2.24) is 9.97 Å². The minimum Gasteiger partial charge on any atom is -0.309 e. The molecule has 0 saturated heterocycles. The van der Waals surface area contributed by atoms with Crippen LogP contribution in [-0.4, -0.2) is 15.9 Å². The number of anilines is 1. The van der Waals surface area contributed by atoms with Crippen LogP contribution >= 0.6 is 0 Å². The van der Waals surface area contributed by atoms with Crippen molar-refractivity contribution >= 4 is 23.9 Å². The fourth-order valence-corrected chi connectivity index (χ4v) is 2.53. The van der Waals surface area contributed by atoms with Gasteiger partial charge < -0.3 is 5.32 Å². The number of nitrogens with zero attached hydrogens (tertiary/aromatic N) is 2. The average molecular weight is 357 g/mol. The molecule has 1 atom stereocenters. The lowest BCUT2D eigenvalue weighted by atomic mass is 10.1. The SMILES string of the molecule is CCC(C)C(=O)Nc1ncc(-c2ccccc2)nc1/C=C/c1ccccc1. The molecule has 0 radical (unpaired) electrons. The van der Waals surface area contributed by atoms with E-state index in [1.807, 2.05) is 86.7 Å². The Morgan fingerprint density at radius 1 is 1.04 bits per heavy atom. The van der Waals surface area contributed by atoms with Crippen LogP contribution in [0.4, 0.5) is 5.82 Å². The Kier molecular flexibility index (Phi) is 6.10. The van der Waals surface area contributed by atoms with Crippen molar-refractivity contribution in [3.05, 3.63) is 78.1 Å². The molecule has 136 valence electrons. The number of carbonyl (C=O) groups is 1. The lowest BCUT2D eigenvalue weighted by Gasteiger charge is -2.12. The molecule has 0 bridgehead atoms. The van der Waals surface area contributed by atoms with Gasteiger partial charge in [-0.3, -0.25) is 4.79 Å². The molecule has 2 aromatic carbocycles. The first-order valence-corrected chi connectivity index (χ1v) is 9.14. The van der Waals surface area contributed by atoms with Crippen LogP contribution in [0.2, 0.25) is 0 Å². The summed E-state index contributed by atoms with van der Waals surface area (Å²) in [6, 6.07) is 19.9. The molecule has 0 spiro atoms. The van der Waals surface area contributed by atoms with E-state index < -0.39 is 0 Å². The van der Waals surface area contributed by atoms with Crippen molar-refractivity contribution in [3.63, 3.8) is 0 Å². The van der Waals surface area contributed by atoms with Crippen LogP contribution in [0.25, 0.3) is 23.4 Å². The van der Waals surface area contributed by atoms with Crippen molar-refractivity contribution < 1.29 is 4.79 Å². The molecule has 0 aliphatic carbocycles. The van der Waals surface area contributed by atoms with Gasteiger partial charge in [0.25, 0.3) is 0 Å². The molecule has 4 heteroatoms. The molecular formula is C23H23N3O. The predicted molar refractivity (Wildman–Crippen MR) is 111 cm³/mol. The standard InChI is InChI=1S/C23H23N3O/c1-3-17(2)23(27)26-22-20(15-14-18-10-6-4-7-11-18)25-21(16-24-22)19-12-8-5-9-13-19/h4-17H,3H2,1-2H3,(H,24,26,27)/b15-14+. The van der Waals surface area contributed by atoms with Crippen LogP contribution in [0.1, 0.15) is 31.5 Å². The van der Waals surface area contributed by atoms with E-state index in [0.717, 1.165) is 23.2 Å². The summed E-state index contributed by atoms with van der Waals surface area (Å²) in [5.41, 5.74) is 3.45. The number of hydrogen-bond donors (Lipinski definition) is 1. The zero-order chi connectivity index (χ0) is 19.1. The maximum Gasteiger partial charge on any atom is 0.228 e. The van der Waals surface area contributed by atoms with Gasteiger partial charge in [0, 0.05) is 11.5 Å². The quantitative estimate of drug-likeness (QED) is 0.651. The summed E-state index contributed by atoms with van der Waals surface area (Å²) >= 11 is 0. The fraction of sp³-hybridized carbons (Fsp3) is 0.174. The first-order valence-electron chi connectivity index (χ1n) is 9.14. The number of carbonyl (C=O) groups excluding carboxylic acids is 1. The Morgan fingerprint density at radius 2 is 1.70 bits per heavy atom. The molecule has 0 aliphatic heterocycles. The molecule has 1 amide bonds. The third kappa shape index (κ3) is 4.88. The topological polar surface area (TPSA) is 54.9 Å². The zero-order valence-electron chi connectivity index (χ0n) is 15.6. The van der Waals surface area contributed by atoms with Crippen LogP contribution < -0.4 is 5.32 Å². The molecule has 0 saturated carbocycles. The Bertz CT molecular complexity index is 921. The Balaban J connectivity index is 1.96. The highest BCUT2D eigenvalue weighted by atomic mass is 16.1. The predicted octanol–water partition coefficient (Wildman–Crippen LogP) is 5.30. The molecule has 27 heavy (non-hydrogen) atoms. The minimum atomic E-state index is -0.0773. The number of benzene rings is 2. The molecule has 3 aromatic rings. The highest BCUT2D eigenvalue weighted by Gasteiger charge is 2.14. The van der Waals surface area contributed by atoms with Crippen LogP contribution in [0, 0.1) is 5.92 Å². The smallest absolute Gasteiger partial charge is 0.228 e. The molecule has 1 unspecified atom stereocenters. The molecule has 1 aromatic heterocycles. The lowest BCUT2D eigenvalue weighted by Crippen LogP contribution is -2.21. The number of hydrogen-bond acceptors (Lipinski definition) is 3. The Labute approximate surface area is 160 Å². The van der Waals surface area contributed by atoms with E-state index in [0.29, 0.717) is 11.5 Å². The second-order valence-corrected chi connectivity index (χ2v) is 6.40. The van der Waals surface area contributed by atoms with Crippen molar-refractivity contribution in [2.24, 2.45) is 5.92 Å². The third-order valence-corrected chi connectivity index (χ3v) is 4.40. The third-order valence-electron chi connectivity index (χ3n) is 4.40. The van der Waals surface area contributed by atoms with Crippen molar-refractivity contribution in [1.29, 1.82) is 0 Å². The van der Waals surface area contributed by atoms with Gasteiger partial charge in [0.05, 0.1) is 11.9 Å². The minimum absolute atomic E-state index is 0.0476. The molecular weight excluding hydrogens is 334 g/mol. The largest absolute Gasteiger partial charge is 0.309 e. The van der Waals surface area contributed by atoms with Gasteiger partial charge in [0.1, 0.15) is 5.69 Å². The Hall–Kier alpha value is -3.27. The van der Waals surface area contributed by atoms with Gasteiger partial charge in [-0.15, -0.1) is 0 Å². The second-order valence-electron chi connectivity index (χ2n) is 6.40. The van der Waals surface area contributed by atoms with Crippen LogP contribution in [0.15, 0.2) is 66.9 Å². The normalized spacial score (nSPS) is 12.1. The van der Waals surface area contributed by atoms with E-state index in [1.54, 1.807) is 6.20 Å². The summed E-state index contributed by atoms with van der Waals surface area (Å²) < 4.78 is 0. The van der Waals surface area contributed by atoms with Crippen molar-refractivity contribution in [2.75, 3.05) is 5.32 Å². The van der Waals surface area contributed by atoms with Gasteiger partial charge in [0.2, 0.25) is 5.91 Å². The fourth-order valence-electron chi connectivity index (χ4n) is 2.53. The van der Waals surface area contributed by atoms with E-state index in [4.69, 9.17) is 4.98 Å². The zero-order valence-corrected chi connectivity index (χ0v) is 15.6. The van der Waals surface area contributed by atoms with Crippen LogP contribution in [0.3, 0.4) is 0 Å². The summed E-state index contributed by atoms with van der Waals surface area (Å²) in [4.78, 5) is 21.5. The highest BCUT2D eigenvalue weighted by Crippen LogP contribution is 2.21. The van der Waals surface area contributed by atoms with Gasteiger partial charge in [-0.2, -0.15) is 0 Å². The first kappa shape index (κ1) is 18.5. The van der Waals surface area contributed by atoms with Gasteiger partial charge in [-0.05, 0) is 18.1 Å². The van der Waals surface area contributed by atoms with E-state index in [2.05, 4.69) is 10.3 Å².